The molecule has 1 aliphatic rings. The molecule has 1 atom stereocenters. The minimum atomic E-state index is -1.01. The third-order valence-corrected chi connectivity index (χ3v) is 3.61. The van der Waals surface area contributed by atoms with Crippen molar-refractivity contribution in [2.75, 3.05) is 13.7 Å². The topological polar surface area (TPSA) is 60.2 Å². The van der Waals surface area contributed by atoms with Gasteiger partial charge in [0.25, 0.3) is 0 Å². The van der Waals surface area contributed by atoms with Crippen molar-refractivity contribution in [3.05, 3.63) is 42.2 Å². The van der Waals surface area contributed by atoms with Crippen LogP contribution in [0.15, 0.2) is 36.5 Å². The van der Waals surface area contributed by atoms with Crippen LogP contribution in [-0.2, 0) is 10.3 Å². The van der Waals surface area contributed by atoms with Gasteiger partial charge in [-0.3, -0.25) is 0 Å². The van der Waals surface area contributed by atoms with E-state index >= 15 is 0 Å². The first kappa shape index (κ1) is 12.3. The minimum Gasteiger partial charge on any atom is -0.381 e. The number of benzene rings is 1. The summed E-state index contributed by atoms with van der Waals surface area (Å²) in [6, 6.07) is 9.71. The molecule has 3 rings (SSSR count). The Morgan fingerprint density at radius 1 is 1.37 bits per heavy atom. The van der Waals surface area contributed by atoms with Crippen molar-refractivity contribution in [3.8, 4) is 5.69 Å². The molecule has 0 radical (unpaired) electrons. The van der Waals surface area contributed by atoms with Gasteiger partial charge in [-0.05, 0) is 30.9 Å². The van der Waals surface area contributed by atoms with Crippen molar-refractivity contribution in [1.82, 2.24) is 15.0 Å². The number of methoxy groups -OCH3 is 1. The van der Waals surface area contributed by atoms with Gasteiger partial charge in [0, 0.05) is 7.11 Å². The Morgan fingerprint density at radius 2 is 2.11 bits per heavy atom. The van der Waals surface area contributed by atoms with Crippen molar-refractivity contribution in [1.29, 1.82) is 0 Å². The Morgan fingerprint density at radius 3 is 2.74 bits per heavy atom. The first-order valence-electron chi connectivity index (χ1n) is 6.43. The van der Waals surface area contributed by atoms with Crippen LogP contribution < -0.4 is 0 Å². The highest BCUT2D eigenvalue weighted by Gasteiger charge is 2.47. The maximum atomic E-state index is 10.9. The lowest BCUT2D eigenvalue weighted by molar-refractivity contribution is -0.0580. The molecular weight excluding hydrogens is 242 g/mol. The van der Waals surface area contributed by atoms with Gasteiger partial charge in [-0.1, -0.05) is 23.4 Å². The van der Waals surface area contributed by atoms with Gasteiger partial charge in [-0.15, -0.1) is 5.10 Å². The molecular formula is C14H17N3O2. The fourth-order valence-electron chi connectivity index (χ4n) is 2.47. The quantitative estimate of drug-likeness (QED) is 0.884. The molecule has 1 aromatic heterocycles. The molecule has 0 saturated heterocycles. The van der Waals surface area contributed by atoms with Gasteiger partial charge in [-0.2, -0.15) is 0 Å². The zero-order valence-corrected chi connectivity index (χ0v) is 10.9. The molecule has 0 aliphatic heterocycles. The number of nitrogens with zero attached hydrogens (tertiary/aromatic N) is 3. The molecule has 0 spiro atoms. The van der Waals surface area contributed by atoms with E-state index in [9.17, 15) is 5.11 Å². The molecule has 1 unspecified atom stereocenters. The lowest BCUT2D eigenvalue weighted by atomic mass is 9.95. The van der Waals surface area contributed by atoms with Crippen LogP contribution in [0.3, 0.4) is 0 Å². The summed E-state index contributed by atoms with van der Waals surface area (Å²) >= 11 is 0. The molecule has 5 nitrogen and oxygen atoms in total. The Balaban J connectivity index is 2.03. The molecule has 5 heteroatoms. The zero-order valence-electron chi connectivity index (χ0n) is 10.9. The molecule has 0 amide bonds. The second kappa shape index (κ2) is 4.75. The normalized spacial score (nSPS) is 18.2. The second-order valence-corrected chi connectivity index (χ2v) is 5.00. The SMILES string of the molecule is COCC(O)(c1cnnn1-c1ccccc1)C1CC1. The summed E-state index contributed by atoms with van der Waals surface area (Å²) in [4.78, 5) is 0. The fourth-order valence-corrected chi connectivity index (χ4v) is 2.47. The van der Waals surface area contributed by atoms with E-state index in [1.807, 2.05) is 30.3 Å². The van der Waals surface area contributed by atoms with E-state index in [1.54, 1.807) is 18.0 Å². The van der Waals surface area contributed by atoms with Gasteiger partial charge in [0.2, 0.25) is 0 Å². The molecule has 1 fully saturated rings. The van der Waals surface area contributed by atoms with Crippen molar-refractivity contribution in [3.63, 3.8) is 0 Å². The summed E-state index contributed by atoms with van der Waals surface area (Å²) in [6.07, 6.45) is 3.66. The number of aromatic nitrogens is 3. The lowest BCUT2D eigenvalue weighted by Gasteiger charge is -2.27. The van der Waals surface area contributed by atoms with E-state index in [0.29, 0.717) is 5.69 Å². The van der Waals surface area contributed by atoms with E-state index in [0.717, 1.165) is 18.5 Å². The predicted molar refractivity (Wildman–Crippen MR) is 69.9 cm³/mol. The summed E-state index contributed by atoms with van der Waals surface area (Å²) in [5, 5.41) is 19.0. The first-order chi connectivity index (χ1) is 9.25. The minimum absolute atomic E-state index is 0.230. The molecule has 1 N–H and O–H groups in total. The van der Waals surface area contributed by atoms with Crippen LogP contribution in [0.1, 0.15) is 18.5 Å². The van der Waals surface area contributed by atoms with Crippen LogP contribution in [0.25, 0.3) is 5.69 Å². The maximum absolute atomic E-state index is 10.9. The third kappa shape index (κ3) is 2.15. The van der Waals surface area contributed by atoms with Crippen LogP contribution in [0.4, 0.5) is 0 Å². The molecule has 1 aliphatic carbocycles. The number of aliphatic hydroxyl groups is 1. The first-order valence-corrected chi connectivity index (χ1v) is 6.43. The number of para-hydroxylation sites is 1. The van der Waals surface area contributed by atoms with Crippen molar-refractivity contribution in [2.45, 2.75) is 18.4 Å². The van der Waals surface area contributed by atoms with Crippen LogP contribution in [0, 0.1) is 5.92 Å². The van der Waals surface area contributed by atoms with E-state index in [4.69, 9.17) is 4.74 Å². The average molecular weight is 259 g/mol. The summed E-state index contributed by atoms with van der Waals surface area (Å²) in [7, 11) is 1.60. The largest absolute Gasteiger partial charge is 0.381 e. The lowest BCUT2D eigenvalue weighted by Crippen LogP contribution is -2.36. The van der Waals surface area contributed by atoms with Gasteiger partial charge in [0.05, 0.1) is 24.2 Å². The zero-order chi connectivity index (χ0) is 13.3. The smallest absolute Gasteiger partial charge is 0.134 e. The number of hydrogen-bond donors (Lipinski definition) is 1. The van der Waals surface area contributed by atoms with Gasteiger partial charge in [0.15, 0.2) is 0 Å². The van der Waals surface area contributed by atoms with E-state index in [-0.39, 0.29) is 12.5 Å². The molecule has 1 aromatic carbocycles. The number of hydrogen-bond acceptors (Lipinski definition) is 4. The van der Waals surface area contributed by atoms with Crippen molar-refractivity contribution >= 4 is 0 Å². The van der Waals surface area contributed by atoms with Crippen LogP contribution >= 0.6 is 0 Å². The highest BCUT2D eigenvalue weighted by atomic mass is 16.5. The van der Waals surface area contributed by atoms with Gasteiger partial charge >= 0.3 is 0 Å². The van der Waals surface area contributed by atoms with Crippen LogP contribution in [-0.4, -0.2) is 33.8 Å². The van der Waals surface area contributed by atoms with Crippen molar-refractivity contribution < 1.29 is 9.84 Å². The highest BCUT2D eigenvalue weighted by molar-refractivity contribution is 5.33. The number of ether oxygens (including phenoxy) is 1. The summed E-state index contributed by atoms with van der Waals surface area (Å²) in [6.45, 7) is 0.262. The van der Waals surface area contributed by atoms with Crippen molar-refractivity contribution in [2.24, 2.45) is 5.92 Å². The van der Waals surface area contributed by atoms with Gasteiger partial charge in [-0.25, -0.2) is 4.68 Å². The predicted octanol–water partition coefficient (Wildman–Crippen LogP) is 1.51. The molecule has 1 heterocycles. The van der Waals surface area contributed by atoms with Gasteiger partial charge in [0.1, 0.15) is 5.60 Å². The molecule has 100 valence electrons. The maximum Gasteiger partial charge on any atom is 0.134 e. The highest BCUT2D eigenvalue weighted by Crippen LogP contribution is 2.45. The van der Waals surface area contributed by atoms with E-state index in [2.05, 4.69) is 10.3 Å². The molecule has 2 aromatic rings. The standard InChI is InChI=1S/C14H17N3O2/c1-19-10-14(18,11-7-8-11)13-9-15-16-17(13)12-5-3-2-4-6-12/h2-6,9,11,18H,7-8,10H2,1H3. The average Bonchev–Trinajstić information content (AvgIpc) is 3.17. The Labute approximate surface area is 111 Å². The Kier molecular flexibility index (Phi) is 3.08. The Hall–Kier alpha value is -1.72. The van der Waals surface area contributed by atoms with Gasteiger partial charge < -0.3 is 9.84 Å². The molecule has 0 bridgehead atoms. The van der Waals surface area contributed by atoms with E-state index in [1.165, 1.54) is 0 Å². The van der Waals surface area contributed by atoms with E-state index < -0.39 is 5.60 Å². The number of rotatable bonds is 5. The second-order valence-electron chi connectivity index (χ2n) is 5.00. The summed E-state index contributed by atoms with van der Waals surface area (Å²) in [5.41, 5.74) is 0.585. The fraction of sp³-hybridized carbons (Fsp3) is 0.429. The van der Waals surface area contributed by atoms with Crippen LogP contribution in [0.5, 0.6) is 0 Å². The summed E-state index contributed by atoms with van der Waals surface area (Å²) in [5.74, 6) is 0.230. The monoisotopic (exact) mass is 259 g/mol. The third-order valence-electron chi connectivity index (χ3n) is 3.61. The summed E-state index contributed by atoms with van der Waals surface area (Å²) < 4.78 is 6.90. The Bertz CT molecular complexity index is 551. The molecule has 19 heavy (non-hydrogen) atoms. The van der Waals surface area contributed by atoms with Crippen LogP contribution in [0.2, 0.25) is 0 Å². The molecule has 1 saturated carbocycles.